The van der Waals surface area contributed by atoms with E-state index in [0.717, 1.165) is 27.8 Å². The third kappa shape index (κ3) is 4.39. The monoisotopic (exact) mass is 347 g/mol. The first-order valence-corrected chi connectivity index (χ1v) is 8.45. The predicted octanol–water partition coefficient (Wildman–Crippen LogP) is 4.24. The first kappa shape index (κ1) is 17.5. The highest BCUT2D eigenvalue weighted by molar-refractivity contribution is 5.98. The Morgan fingerprint density at radius 2 is 1.38 bits per heavy atom. The molecule has 26 heavy (non-hydrogen) atoms. The molecule has 0 aliphatic rings. The smallest absolute Gasteiger partial charge is 0.246 e. The Morgan fingerprint density at radius 1 is 0.769 bits per heavy atom. The lowest BCUT2D eigenvalue weighted by Crippen LogP contribution is -2.31. The van der Waals surface area contributed by atoms with Crippen molar-refractivity contribution in [3.63, 3.8) is 0 Å². The SMILES string of the molecule is CC(=O)Nc1ccc(N[C@H](C)C(=O)Nc2ccc3ccccc3c2)cc1. The maximum absolute atomic E-state index is 12.4. The highest BCUT2D eigenvalue weighted by Crippen LogP contribution is 2.19. The average Bonchev–Trinajstić information content (AvgIpc) is 2.62. The number of hydrogen-bond donors (Lipinski definition) is 3. The van der Waals surface area contributed by atoms with Crippen molar-refractivity contribution >= 4 is 39.6 Å². The van der Waals surface area contributed by atoms with Crippen LogP contribution in [0.25, 0.3) is 10.8 Å². The van der Waals surface area contributed by atoms with Crippen molar-refractivity contribution in [2.24, 2.45) is 0 Å². The third-order valence-electron chi connectivity index (χ3n) is 4.00. The number of amides is 2. The Morgan fingerprint density at radius 3 is 2.08 bits per heavy atom. The van der Waals surface area contributed by atoms with Crippen molar-refractivity contribution in [1.82, 2.24) is 0 Å². The number of fused-ring (bicyclic) bond motifs is 1. The van der Waals surface area contributed by atoms with Gasteiger partial charge in [-0.2, -0.15) is 0 Å². The van der Waals surface area contributed by atoms with Gasteiger partial charge in [0.15, 0.2) is 0 Å². The van der Waals surface area contributed by atoms with E-state index in [2.05, 4.69) is 16.0 Å². The van der Waals surface area contributed by atoms with Crippen molar-refractivity contribution in [1.29, 1.82) is 0 Å². The second-order valence-electron chi connectivity index (χ2n) is 6.18. The largest absolute Gasteiger partial charge is 0.374 e. The second kappa shape index (κ2) is 7.70. The fourth-order valence-electron chi connectivity index (χ4n) is 2.69. The van der Waals surface area contributed by atoms with Crippen LogP contribution in [0.15, 0.2) is 66.7 Å². The second-order valence-corrected chi connectivity index (χ2v) is 6.18. The minimum Gasteiger partial charge on any atom is -0.374 e. The summed E-state index contributed by atoms with van der Waals surface area (Å²) in [5, 5.41) is 11.0. The van der Waals surface area contributed by atoms with Crippen LogP contribution < -0.4 is 16.0 Å². The molecule has 0 saturated carbocycles. The first-order valence-electron chi connectivity index (χ1n) is 8.45. The lowest BCUT2D eigenvalue weighted by molar-refractivity contribution is -0.116. The summed E-state index contributed by atoms with van der Waals surface area (Å²) >= 11 is 0. The average molecular weight is 347 g/mol. The normalized spacial score (nSPS) is 11.6. The third-order valence-corrected chi connectivity index (χ3v) is 4.00. The Labute approximate surface area is 152 Å². The number of rotatable bonds is 5. The molecule has 0 unspecified atom stereocenters. The number of benzene rings is 3. The van der Waals surface area contributed by atoms with Gasteiger partial charge in [-0.3, -0.25) is 9.59 Å². The molecule has 0 fully saturated rings. The predicted molar refractivity (Wildman–Crippen MR) is 106 cm³/mol. The van der Waals surface area contributed by atoms with Crippen molar-refractivity contribution in [3.05, 3.63) is 66.7 Å². The molecule has 2 amide bonds. The van der Waals surface area contributed by atoms with E-state index >= 15 is 0 Å². The van der Waals surface area contributed by atoms with Gasteiger partial charge in [0.25, 0.3) is 0 Å². The molecule has 0 spiro atoms. The lowest BCUT2D eigenvalue weighted by Gasteiger charge is -2.16. The van der Waals surface area contributed by atoms with Gasteiger partial charge in [-0.1, -0.05) is 30.3 Å². The van der Waals surface area contributed by atoms with Crippen molar-refractivity contribution in [2.75, 3.05) is 16.0 Å². The number of carbonyl (C=O) groups is 2. The van der Waals surface area contributed by atoms with E-state index in [9.17, 15) is 9.59 Å². The van der Waals surface area contributed by atoms with E-state index in [1.165, 1.54) is 6.92 Å². The summed E-state index contributed by atoms with van der Waals surface area (Å²) in [6.45, 7) is 3.27. The minimum absolute atomic E-state index is 0.117. The van der Waals surface area contributed by atoms with Crippen LogP contribution >= 0.6 is 0 Å². The van der Waals surface area contributed by atoms with E-state index in [1.54, 1.807) is 19.1 Å². The zero-order valence-corrected chi connectivity index (χ0v) is 14.7. The van der Waals surface area contributed by atoms with Gasteiger partial charge in [-0.15, -0.1) is 0 Å². The Bertz CT molecular complexity index is 935. The molecule has 3 rings (SSSR count). The molecule has 0 saturated heterocycles. The molecule has 5 nitrogen and oxygen atoms in total. The van der Waals surface area contributed by atoms with Crippen LogP contribution in [0.3, 0.4) is 0 Å². The van der Waals surface area contributed by atoms with Crippen LogP contribution in [0.4, 0.5) is 17.1 Å². The molecule has 0 radical (unpaired) electrons. The number of nitrogens with one attached hydrogen (secondary N) is 3. The standard InChI is InChI=1S/C21H21N3O2/c1-14(22-18-9-11-19(12-10-18)23-15(2)25)21(26)24-20-8-7-16-5-3-4-6-17(16)13-20/h3-14,22H,1-2H3,(H,23,25)(H,24,26)/t14-/m1/s1. The number of hydrogen-bond acceptors (Lipinski definition) is 3. The summed E-state index contributed by atoms with van der Waals surface area (Å²) in [4.78, 5) is 23.5. The topological polar surface area (TPSA) is 70.2 Å². The van der Waals surface area contributed by atoms with Gasteiger partial charge in [-0.25, -0.2) is 0 Å². The van der Waals surface area contributed by atoms with Crippen molar-refractivity contribution < 1.29 is 9.59 Å². The summed E-state index contributed by atoms with van der Waals surface area (Å²) in [5.41, 5.74) is 2.29. The molecular formula is C21H21N3O2. The molecule has 5 heteroatoms. The van der Waals surface area contributed by atoms with E-state index in [0.29, 0.717) is 0 Å². The van der Waals surface area contributed by atoms with E-state index in [1.807, 2.05) is 54.6 Å². The Kier molecular flexibility index (Phi) is 5.17. The van der Waals surface area contributed by atoms with E-state index < -0.39 is 6.04 Å². The van der Waals surface area contributed by atoms with Crippen LogP contribution in [0.5, 0.6) is 0 Å². The molecule has 1 atom stereocenters. The minimum atomic E-state index is -0.409. The highest BCUT2D eigenvalue weighted by Gasteiger charge is 2.13. The zero-order chi connectivity index (χ0) is 18.5. The molecule has 0 aliphatic heterocycles. The lowest BCUT2D eigenvalue weighted by atomic mass is 10.1. The quantitative estimate of drug-likeness (QED) is 0.646. The highest BCUT2D eigenvalue weighted by atomic mass is 16.2. The first-order chi connectivity index (χ1) is 12.5. The fourth-order valence-corrected chi connectivity index (χ4v) is 2.69. The Balaban J connectivity index is 1.62. The maximum Gasteiger partial charge on any atom is 0.246 e. The Hall–Kier alpha value is -3.34. The van der Waals surface area contributed by atoms with Gasteiger partial charge in [0.1, 0.15) is 6.04 Å². The van der Waals surface area contributed by atoms with Crippen molar-refractivity contribution in [3.8, 4) is 0 Å². The summed E-state index contributed by atoms with van der Waals surface area (Å²) < 4.78 is 0. The molecule has 132 valence electrons. The van der Waals surface area contributed by atoms with Gasteiger partial charge in [0, 0.05) is 24.0 Å². The molecule has 0 aliphatic carbocycles. The van der Waals surface area contributed by atoms with Gasteiger partial charge in [0.2, 0.25) is 11.8 Å². The fraction of sp³-hybridized carbons (Fsp3) is 0.143. The summed E-state index contributed by atoms with van der Waals surface area (Å²) in [5.74, 6) is -0.236. The molecule has 3 aromatic carbocycles. The molecule has 3 N–H and O–H groups in total. The molecule has 0 aromatic heterocycles. The molecule has 3 aromatic rings. The number of carbonyl (C=O) groups excluding carboxylic acids is 2. The summed E-state index contributed by atoms with van der Waals surface area (Å²) in [6.07, 6.45) is 0. The van der Waals surface area contributed by atoms with Crippen LogP contribution in [0.2, 0.25) is 0 Å². The summed E-state index contributed by atoms with van der Waals surface area (Å²) in [6, 6.07) is 20.7. The van der Waals surface area contributed by atoms with Crippen LogP contribution in [-0.4, -0.2) is 17.9 Å². The number of anilines is 3. The van der Waals surface area contributed by atoms with Crippen LogP contribution in [0.1, 0.15) is 13.8 Å². The van der Waals surface area contributed by atoms with E-state index in [-0.39, 0.29) is 11.8 Å². The van der Waals surface area contributed by atoms with E-state index in [4.69, 9.17) is 0 Å². The molecule has 0 bridgehead atoms. The maximum atomic E-state index is 12.4. The molecule has 0 heterocycles. The van der Waals surface area contributed by atoms with Gasteiger partial charge < -0.3 is 16.0 Å². The zero-order valence-electron chi connectivity index (χ0n) is 14.7. The summed E-state index contributed by atoms with van der Waals surface area (Å²) in [7, 11) is 0. The van der Waals surface area contributed by atoms with Crippen molar-refractivity contribution in [2.45, 2.75) is 19.9 Å². The van der Waals surface area contributed by atoms with Crippen LogP contribution in [-0.2, 0) is 9.59 Å². The van der Waals surface area contributed by atoms with Gasteiger partial charge in [0.05, 0.1) is 0 Å². The van der Waals surface area contributed by atoms with Gasteiger partial charge >= 0.3 is 0 Å². The van der Waals surface area contributed by atoms with Crippen LogP contribution in [0, 0.1) is 0 Å². The van der Waals surface area contributed by atoms with Gasteiger partial charge in [-0.05, 0) is 54.1 Å². The molecular weight excluding hydrogens is 326 g/mol.